The molecule has 0 bridgehead atoms. The van der Waals surface area contributed by atoms with Crippen molar-refractivity contribution in [2.45, 2.75) is 39.3 Å². The highest BCUT2D eigenvalue weighted by Gasteiger charge is 2.43. The van der Waals surface area contributed by atoms with E-state index in [1.54, 1.807) is 17.3 Å². The Kier molecular flexibility index (Phi) is 3.55. The first-order valence-electron chi connectivity index (χ1n) is 6.48. The van der Waals surface area contributed by atoms with Crippen LogP contribution in [0.3, 0.4) is 0 Å². The Morgan fingerprint density at radius 3 is 2.58 bits per heavy atom. The molecule has 0 fully saturated rings. The molecule has 1 aromatic rings. The molecule has 0 radical (unpaired) electrons. The molecule has 102 valence electrons. The van der Waals surface area contributed by atoms with Crippen molar-refractivity contribution in [3.05, 3.63) is 30.1 Å². The lowest BCUT2D eigenvalue weighted by Crippen LogP contribution is -2.43. The van der Waals surface area contributed by atoms with Gasteiger partial charge in [0, 0.05) is 12.4 Å². The van der Waals surface area contributed by atoms with Gasteiger partial charge in [0.2, 0.25) is 0 Å². The number of aliphatic imine (C=N–C) groups is 1. The fourth-order valence-corrected chi connectivity index (χ4v) is 2.51. The van der Waals surface area contributed by atoms with E-state index < -0.39 is 5.54 Å². The van der Waals surface area contributed by atoms with Crippen molar-refractivity contribution in [1.82, 2.24) is 9.88 Å². The third-order valence-electron chi connectivity index (χ3n) is 3.24. The highest BCUT2D eigenvalue weighted by Crippen LogP contribution is 2.29. The van der Waals surface area contributed by atoms with E-state index in [4.69, 9.17) is 5.73 Å². The molecule has 2 heterocycles. The van der Waals surface area contributed by atoms with Crippen molar-refractivity contribution in [3.63, 3.8) is 0 Å². The van der Waals surface area contributed by atoms with E-state index in [0.29, 0.717) is 24.8 Å². The van der Waals surface area contributed by atoms with Crippen molar-refractivity contribution in [2.24, 2.45) is 16.6 Å². The average Bonchev–Trinajstić information content (AvgIpc) is 2.53. The van der Waals surface area contributed by atoms with Gasteiger partial charge in [0.25, 0.3) is 5.91 Å². The number of rotatable bonds is 4. The molecule has 1 aliphatic heterocycles. The van der Waals surface area contributed by atoms with Crippen LogP contribution >= 0.6 is 0 Å². The Morgan fingerprint density at radius 1 is 1.37 bits per heavy atom. The summed E-state index contributed by atoms with van der Waals surface area (Å²) in [6.45, 7) is 6.46. The number of hydrogen-bond acceptors (Lipinski definition) is 4. The highest BCUT2D eigenvalue weighted by atomic mass is 16.2. The quantitative estimate of drug-likeness (QED) is 0.892. The number of carbonyl (C=O) groups is 1. The predicted octanol–water partition coefficient (Wildman–Crippen LogP) is 1.54. The Bertz CT molecular complexity index is 497. The van der Waals surface area contributed by atoms with E-state index in [-0.39, 0.29) is 5.91 Å². The third-order valence-corrected chi connectivity index (χ3v) is 3.24. The van der Waals surface area contributed by atoms with E-state index in [0.717, 1.165) is 5.56 Å². The van der Waals surface area contributed by atoms with Crippen molar-refractivity contribution in [3.8, 4) is 0 Å². The zero-order valence-corrected chi connectivity index (χ0v) is 11.6. The van der Waals surface area contributed by atoms with Gasteiger partial charge in [0.1, 0.15) is 5.54 Å². The van der Waals surface area contributed by atoms with Gasteiger partial charge in [-0.1, -0.05) is 13.8 Å². The lowest BCUT2D eigenvalue weighted by molar-refractivity contribution is -0.131. The second-order valence-electron chi connectivity index (χ2n) is 5.59. The third kappa shape index (κ3) is 2.75. The van der Waals surface area contributed by atoms with Gasteiger partial charge >= 0.3 is 0 Å². The van der Waals surface area contributed by atoms with Crippen LogP contribution in [0.2, 0.25) is 0 Å². The fourth-order valence-electron chi connectivity index (χ4n) is 2.51. The summed E-state index contributed by atoms with van der Waals surface area (Å²) in [6.07, 6.45) is 4.12. The second-order valence-corrected chi connectivity index (χ2v) is 5.59. The number of pyridine rings is 1. The highest BCUT2D eigenvalue weighted by molar-refractivity contribution is 6.06. The standard InChI is InChI=1S/C14H20N4O/c1-10(2)8-14(3)12(19)18(13(15)17-14)9-11-4-6-16-7-5-11/h4-7,10H,8-9H2,1-3H3,(H2,15,17). The number of aromatic nitrogens is 1. The van der Waals surface area contributed by atoms with Gasteiger partial charge in [0.05, 0.1) is 6.54 Å². The molecule has 5 nitrogen and oxygen atoms in total. The molecule has 0 saturated heterocycles. The van der Waals surface area contributed by atoms with E-state index in [9.17, 15) is 4.79 Å². The van der Waals surface area contributed by atoms with Crippen LogP contribution in [-0.4, -0.2) is 27.3 Å². The first-order chi connectivity index (χ1) is 8.92. The van der Waals surface area contributed by atoms with Gasteiger partial charge in [-0.3, -0.25) is 14.7 Å². The molecule has 0 aromatic carbocycles. The zero-order valence-electron chi connectivity index (χ0n) is 11.6. The summed E-state index contributed by atoms with van der Waals surface area (Å²) in [5, 5.41) is 0. The van der Waals surface area contributed by atoms with Crippen LogP contribution in [-0.2, 0) is 11.3 Å². The summed E-state index contributed by atoms with van der Waals surface area (Å²) in [5.74, 6) is 0.687. The Hall–Kier alpha value is -1.91. The first-order valence-corrected chi connectivity index (χ1v) is 6.48. The molecular formula is C14H20N4O. The van der Waals surface area contributed by atoms with E-state index >= 15 is 0 Å². The molecule has 1 atom stereocenters. The number of nitrogens with two attached hydrogens (primary N) is 1. The van der Waals surface area contributed by atoms with Crippen molar-refractivity contribution in [1.29, 1.82) is 0 Å². The Morgan fingerprint density at radius 2 is 2.00 bits per heavy atom. The topological polar surface area (TPSA) is 71.6 Å². The predicted molar refractivity (Wildman–Crippen MR) is 74.3 cm³/mol. The Labute approximate surface area is 113 Å². The van der Waals surface area contributed by atoms with Gasteiger partial charge in [-0.15, -0.1) is 0 Å². The van der Waals surface area contributed by atoms with Crippen LogP contribution in [0.15, 0.2) is 29.5 Å². The molecule has 2 rings (SSSR count). The number of nitrogens with zero attached hydrogens (tertiary/aromatic N) is 3. The molecule has 1 aromatic heterocycles. The van der Waals surface area contributed by atoms with Crippen molar-refractivity contribution in [2.75, 3.05) is 0 Å². The first kappa shape index (κ1) is 13.5. The summed E-state index contributed by atoms with van der Waals surface area (Å²) >= 11 is 0. The van der Waals surface area contributed by atoms with Crippen LogP contribution in [0, 0.1) is 5.92 Å². The number of amides is 1. The lowest BCUT2D eigenvalue weighted by atomic mass is 9.91. The number of hydrogen-bond donors (Lipinski definition) is 1. The lowest BCUT2D eigenvalue weighted by Gasteiger charge is -2.23. The van der Waals surface area contributed by atoms with Crippen LogP contribution in [0.4, 0.5) is 0 Å². The SMILES string of the molecule is CC(C)CC1(C)N=C(N)N(Cc2ccncc2)C1=O. The van der Waals surface area contributed by atoms with Crippen LogP contribution < -0.4 is 5.73 Å². The van der Waals surface area contributed by atoms with E-state index in [1.165, 1.54) is 0 Å². The maximum absolute atomic E-state index is 12.5. The second kappa shape index (κ2) is 4.99. The monoisotopic (exact) mass is 260 g/mol. The maximum atomic E-state index is 12.5. The molecule has 1 aliphatic rings. The molecule has 0 spiro atoms. The molecule has 19 heavy (non-hydrogen) atoms. The zero-order chi connectivity index (χ0) is 14.0. The normalized spacial score (nSPS) is 23.1. The van der Waals surface area contributed by atoms with Crippen molar-refractivity contribution < 1.29 is 4.79 Å². The maximum Gasteiger partial charge on any atom is 0.257 e. The van der Waals surface area contributed by atoms with Crippen molar-refractivity contribution >= 4 is 11.9 Å². The van der Waals surface area contributed by atoms with E-state index in [2.05, 4.69) is 23.8 Å². The van der Waals surface area contributed by atoms with Crippen LogP contribution in [0.1, 0.15) is 32.8 Å². The molecule has 1 amide bonds. The smallest absolute Gasteiger partial charge is 0.257 e. The largest absolute Gasteiger partial charge is 0.369 e. The molecule has 2 N–H and O–H groups in total. The van der Waals surface area contributed by atoms with Gasteiger partial charge in [0.15, 0.2) is 5.96 Å². The van der Waals surface area contributed by atoms with Gasteiger partial charge < -0.3 is 5.73 Å². The summed E-state index contributed by atoms with van der Waals surface area (Å²) in [6, 6.07) is 3.75. The summed E-state index contributed by atoms with van der Waals surface area (Å²) in [5.41, 5.74) is 6.19. The van der Waals surface area contributed by atoms with E-state index in [1.807, 2.05) is 19.1 Å². The van der Waals surface area contributed by atoms with Gasteiger partial charge in [-0.05, 0) is 37.0 Å². The molecule has 5 heteroatoms. The Balaban J connectivity index is 2.17. The molecule has 1 unspecified atom stereocenters. The minimum absolute atomic E-state index is 0.0180. The minimum atomic E-state index is -0.717. The summed E-state index contributed by atoms with van der Waals surface area (Å²) in [7, 11) is 0. The number of carbonyl (C=O) groups excluding carboxylic acids is 1. The molecule has 0 aliphatic carbocycles. The van der Waals surface area contributed by atoms with Crippen LogP contribution in [0.5, 0.6) is 0 Å². The van der Waals surface area contributed by atoms with Crippen LogP contribution in [0.25, 0.3) is 0 Å². The van der Waals surface area contributed by atoms with Gasteiger partial charge in [-0.25, -0.2) is 4.99 Å². The summed E-state index contributed by atoms with van der Waals surface area (Å²) in [4.78, 5) is 22.4. The average molecular weight is 260 g/mol. The summed E-state index contributed by atoms with van der Waals surface area (Å²) < 4.78 is 0. The minimum Gasteiger partial charge on any atom is -0.369 e. The van der Waals surface area contributed by atoms with Gasteiger partial charge in [-0.2, -0.15) is 0 Å². The molecule has 0 saturated carbocycles. The molecular weight excluding hydrogens is 240 g/mol. The fraction of sp³-hybridized carbons (Fsp3) is 0.500. The number of guanidine groups is 1.